The normalized spacial score (nSPS) is 21.8. The maximum absolute atomic E-state index is 3.45. The number of nitrogens with zero attached hydrogens (tertiary/aromatic N) is 1. The Kier molecular flexibility index (Phi) is 3.30. The van der Waals surface area contributed by atoms with E-state index in [9.17, 15) is 0 Å². The molecule has 1 aromatic rings. The summed E-state index contributed by atoms with van der Waals surface area (Å²) in [7, 11) is 0. The zero-order chi connectivity index (χ0) is 13.5. The van der Waals surface area contributed by atoms with Crippen molar-refractivity contribution in [3.63, 3.8) is 0 Å². The van der Waals surface area contributed by atoms with E-state index in [0.29, 0.717) is 11.3 Å². The number of piperidine rings is 1. The largest absolute Gasteiger partial charge is 0.371 e. The molecule has 0 unspecified atom stereocenters. The molecule has 0 saturated carbocycles. The number of hydrogen-bond acceptors (Lipinski definition) is 2. The lowest BCUT2D eigenvalue weighted by atomic mass is 9.73. The van der Waals surface area contributed by atoms with Crippen molar-refractivity contribution in [1.82, 2.24) is 5.32 Å². The maximum Gasteiger partial charge on any atom is 0.0431 e. The molecule has 2 aliphatic heterocycles. The Labute approximate surface area is 117 Å². The highest BCUT2D eigenvalue weighted by Crippen LogP contribution is 2.39. The van der Waals surface area contributed by atoms with Crippen LogP contribution in [0.15, 0.2) is 18.2 Å². The highest BCUT2D eigenvalue weighted by atomic mass is 15.2. The van der Waals surface area contributed by atoms with Crippen LogP contribution < -0.4 is 10.2 Å². The molecule has 0 atom stereocenters. The van der Waals surface area contributed by atoms with Gasteiger partial charge in [-0.05, 0) is 42.2 Å². The van der Waals surface area contributed by atoms with E-state index in [1.54, 1.807) is 0 Å². The van der Waals surface area contributed by atoms with Crippen molar-refractivity contribution in [1.29, 1.82) is 0 Å². The van der Waals surface area contributed by atoms with Gasteiger partial charge in [-0.25, -0.2) is 0 Å². The monoisotopic (exact) mass is 258 g/mol. The molecule has 0 radical (unpaired) electrons. The van der Waals surface area contributed by atoms with E-state index in [4.69, 9.17) is 0 Å². The predicted molar refractivity (Wildman–Crippen MR) is 82.0 cm³/mol. The summed E-state index contributed by atoms with van der Waals surface area (Å²) in [6.45, 7) is 11.8. The molecule has 2 aliphatic rings. The summed E-state index contributed by atoms with van der Waals surface area (Å²) in [6.07, 6.45) is 2.71. The van der Waals surface area contributed by atoms with Crippen molar-refractivity contribution in [2.45, 2.75) is 39.5 Å². The van der Waals surface area contributed by atoms with Crippen LogP contribution in [0.5, 0.6) is 0 Å². The fourth-order valence-corrected chi connectivity index (χ4v) is 3.62. The molecule has 0 aromatic heterocycles. The molecule has 1 N–H and O–H groups in total. The van der Waals surface area contributed by atoms with Gasteiger partial charge in [0.15, 0.2) is 0 Å². The standard InChI is InChI=1S/C17H26N2/c1-13(2)15-6-4-5-14(3)16(15)19-9-7-17(8-10-19)11-18-12-17/h4-6,13,18H,7-12H2,1-3H3. The summed E-state index contributed by atoms with van der Waals surface area (Å²) in [5, 5.41) is 3.45. The number of para-hydroxylation sites is 1. The quantitative estimate of drug-likeness (QED) is 0.875. The third-order valence-corrected chi connectivity index (χ3v) is 5.03. The molecule has 0 bridgehead atoms. The van der Waals surface area contributed by atoms with Crippen LogP contribution in [-0.4, -0.2) is 26.2 Å². The first kappa shape index (κ1) is 13.0. The smallest absolute Gasteiger partial charge is 0.0431 e. The zero-order valence-corrected chi connectivity index (χ0v) is 12.5. The lowest BCUT2D eigenvalue weighted by Crippen LogP contribution is -2.58. The van der Waals surface area contributed by atoms with Gasteiger partial charge in [0, 0.05) is 31.9 Å². The second-order valence-corrected chi connectivity index (χ2v) is 6.76. The van der Waals surface area contributed by atoms with Crippen molar-refractivity contribution >= 4 is 5.69 Å². The zero-order valence-electron chi connectivity index (χ0n) is 12.5. The van der Waals surface area contributed by atoms with Crippen molar-refractivity contribution in [3.8, 4) is 0 Å². The fraction of sp³-hybridized carbons (Fsp3) is 0.647. The van der Waals surface area contributed by atoms with E-state index in [1.807, 2.05) is 0 Å². The van der Waals surface area contributed by atoms with Crippen LogP contribution in [0.25, 0.3) is 0 Å². The van der Waals surface area contributed by atoms with E-state index in [2.05, 4.69) is 49.2 Å². The average molecular weight is 258 g/mol. The molecule has 2 heterocycles. The molecule has 104 valence electrons. The molecular weight excluding hydrogens is 232 g/mol. The van der Waals surface area contributed by atoms with Gasteiger partial charge < -0.3 is 10.2 Å². The summed E-state index contributed by atoms with van der Waals surface area (Å²) in [5.74, 6) is 0.608. The molecule has 2 heteroatoms. The summed E-state index contributed by atoms with van der Waals surface area (Å²) in [6, 6.07) is 6.77. The lowest BCUT2D eigenvalue weighted by Gasteiger charge is -2.49. The van der Waals surface area contributed by atoms with Gasteiger partial charge >= 0.3 is 0 Å². The van der Waals surface area contributed by atoms with Gasteiger partial charge in [0.1, 0.15) is 0 Å². The van der Waals surface area contributed by atoms with Crippen molar-refractivity contribution < 1.29 is 0 Å². The number of nitrogens with one attached hydrogen (secondary N) is 1. The SMILES string of the molecule is Cc1cccc(C(C)C)c1N1CCC2(CC1)CNC2. The molecular formula is C17H26N2. The van der Waals surface area contributed by atoms with Gasteiger partial charge in [0.05, 0.1) is 0 Å². The highest BCUT2D eigenvalue weighted by molar-refractivity contribution is 5.60. The van der Waals surface area contributed by atoms with Crippen molar-refractivity contribution in [3.05, 3.63) is 29.3 Å². The second kappa shape index (κ2) is 4.82. The first-order valence-electron chi connectivity index (χ1n) is 7.66. The molecule has 2 nitrogen and oxygen atoms in total. The highest BCUT2D eigenvalue weighted by Gasteiger charge is 2.40. The van der Waals surface area contributed by atoms with E-state index >= 15 is 0 Å². The van der Waals surface area contributed by atoms with Gasteiger partial charge in [-0.3, -0.25) is 0 Å². The van der Waals surface area contributed by atoms with E-state index < -0.39 is 0 Å². The number of anilines is 1. The number of rotatable bonds is 2. The van der Waals surface area contributed by atoms with Crippen molar-refractivity contribution in [2.24, 2.45) is 5.41 Å². The van der Waals surface area contributed by atoms with Crippen LogP contribution in [0.4, 0.5) is 5.69 Å². The second-order valence-electron chi connectivity index (χ2n) is 6.76. The van der Waals surface area contributed by atoms with Crippen LogP contribution in [0.3, 0.4) is 0 Å². The summed E-state index contributed by atoms with van der Waals surface area (Å²) in [4.78, 5) is 2.63. The molecule has 0 aliphatic carbocycles. The first-order valence-corrected chi connectivity index (χ1v) is 7.66. The van der Waals surface area contributed by atoms with Crippen molar-refractivity contribution in [2.75, 3.05) is 31.1 Å². The Morgan fingerprint density at radius 3 is 2.37 bits per heavy atom. The van der Waals surface area contributed by atoms with Crippen LogP contribution in [0, 0.1) is 12.3 Å². The molecule has 1 aromatic carbocycles. The minimum atomic E-state index is 0.608. The first-order chi connectivity index (χ1) is 9.11. The summed E-state index contributed by atoms with van der Waals surface area (Å²) < 4.78 is 0. The van der Waals surface area contributed by atoms with Gasteiger partial charge in [-0.15, -0.1) is 0 Å². The van der Waals surface area contributed by atoms with Crippen LogP contribution in [0.2, 0.25) is 0 Å². The summed E-state index contributed by atoms with van der Waals surface area (Å²) >= 11 is 0. The van der Waals surface area contributed by atoms with E-state index in [1.165, 1.54) is 55.8 Å². The maximum atomic E-state index is 3.45. The molecule has 2 fully saturated rings. The minimum absolute atomic E-state index is 0.608. The molecule has 19 heavy (non-hydrogen) atoms. The average Bonchev–Trinajstić information content (AvgIpc) is 2.37. The lowest BCUT2D eigenvalue weighted by molar-refractivity contribution is 0.126. The predicted octanol–water partition coefficient (Wildman–Crippen LogP) is 3.31. The Bertz CT molecular complexity index is 450. The van der Waals surface area contributed by atoms with Crippen LogP contribution >= 0.6 is 0 Å². The Morgan fingerprint density at radius 1 is 1.16 bits per heavy atom. The van der Waals surface area contributed by atoms with Crippen LogP contribution in [-0.2, 0) is 0 Å². The Balaban J connectivity index is 1.83. The van der Waals surface area contributed by atoms with Gasteiger partial charge in [-0.1, -0.05) is 32.0 Å². The minimum Gasteiger partial charge on any atom is -0.371 e. The Hall–Kier alpha value is -1.02. The molecule has 0 amide bonds. The number of hydrogen-bond donors (Lipinski definition) is 1. The van der Waals surface area contributed by atoms with Gasteiger partial charge in [0.25, 0.3) is 0 Å². The Morgan fingerprint density at radius 2 is 1.84 bits per heavy atom. The fourth-order valence-electron chi connectivity index (χ4n) is 3.62. The molecule has 1 spiro atoms. The third kappa shape index (κ3) is 2.27. The molecule has 2 saturated heterocycles. The number of benzene rings is 1. The van der Waals surface area contributed by atoms with E-state index in [-0.39, 0.29) is 0 Å². The van der Waals surface area contributed by atoms with Crippen LogP contribution in [0.1, 0.15) is 43.7 Å². The van der Waals surface area contributed by atoms with Gasteiger partial charge in [-0.2, -0.15) is 0 Å². The number of aryl methyl sites for hydroxylation is 1. The summed E-state index contributed by atoms with van der Waals surface area (Å²) in [5.41, 5.74) is 5.10. The topological polar surface area (TPSA) is 15.3 Å². The molecule has 3 rings (SSSR count). The van der Waals surface area contributed by atoms with E-state index in [0.717, 1.165) is 0 Å². The third-order valence-electron chi connectivity index (χ3n) is 5.03. The van der Waals surface area contributed by atoms with Gasteiger partial charge in [0.2, 0.25) is 0 Å².